The van der Waals surface area contributed by atoms with Crippen molar-refractivity contribution in [1.82, 2.24) is 0 Å². The van der Waals surface area contributed by atoms with Crippen molar-refractivity contribution in [3.05, 3.63) is 0 Å². The molecule has 0 aliphatic heterocycles. The molecule has 0 amide bonds. The van der Waals surface area contributed by atoms with Gasteiger partial charge >= 0.3 is 0 Å². The van der Waals surface area contributed by atoms with E-state index in [1.54, 1.807) is 0 Å². The summed E-state index contributed by atoms with van der Waals surface area (Å²) < 4.78 is 5.73. The van der Waals surface area contributed by atoms with Crippen molar-refractivity contribution < 1.29 is 9.84 Å². The van der Waals surface area contributed by atoms with E-state index in [0.717, 1.165) is 19.3 Å². The van der Waals surface area contributed by atoms with Gasteiger partial charge in [0.25, 0.3) is 0 Å². The van der Waals surface area contributed by atoms with Gasteiger partial charge in [-0.1, -0.05) is 29.8 Å². The average Bonchev–Trinajstić information content (AvgIpc) is 2.14. The number of aliphatic hydroxyl groups excluding tert-OH is 1. The van der Waals surface area contributed by atoms with Crippen molar-refractivity contribution in [3.8, 4) is 0 Å². The van der Waals surface area contributed by atoms with Gasteiger partial charge in [0.05, 0.1) is 6.10 Å². The highest BCUT2D eigenvalue weighted by atomic mass is 79.9. The van der Waals surface area contributed by atoms with Gasteiger partial charge in [0.1, 0.15) is 0 Å². The molecule has 2 nitrogen and oxygen atoms in total. The van der Waals surface area contributed by atoms with Crippen LogP contribution in [0.2, 0.25) is 0 Å². The zero-order chi connectivity index (χ0) is 10.6. The number of aliphatic hydroxyl groups is 1. The third-order valence-electron chi connectivity index (χ3n) is 3.01. The summed E-state index contributed by atoms with van der Waals surface area (Å²) in [4.78, 5) is 0.639. The molecule has 0 heterocycles. The number of ether oxygens (including phenoxy) is 1. The van der Waals surface area contributed by atoms with Crippen molar-refractivity contribution in [3.63, 3.8) is 0 Å². The van der Waals surface area contributed by atoms with Crippen LogP contribution in [0, 0.1) is 11.8 Å². The summed E-state index contributed by atoms with van der Waals surface area (Å²) in [5, 5.41) is 8.65. The molecule has 0 bridgehead atoms. The van der Waals surface area contributed by atoms with Crippen LogP contribution in [0.3, 0.4) is 0 Å². The standard InChI is InChI=1S/C11H21BrO2/c1-8-6-10(14-5-3-4-13)7-9(2)11(8)12/h8-11,13H,3-7H2,1-2H3. The SMILES string of the molecule is CC1CC(OCCCO)CC(C)C1Br. The Morgan fingerprint density at radius 1 is 1.29 bits per heavy atom. The van der Waals surface area contributed by atoms with Crippen molar-refractivity contribution >= 4 is 15.9 Å². The summed E-state index contributed by atoms with van der Waals surface area (Å²) in [6.07, 6.45) is 3.45. The van der Waals surface area contributed by atoms with E-state index in [9.17, 15) is 0 Å². The molecule has 1 aliphatic rings. The van der Waals surface area contributed by atoms with Crippen LogP contribution in [0.5, 0.6) is 0 Å². The monoisotopic (exact) mass is 264 g/mol. The van der Waals surface area contributed by atoms with E-state index in [2.05, 4.69) is 29.8 Å². The summed E-state index contributed by atoms with van der Waals surface area (Å²) in [5.74, 6) is 1.38. The number of hydrogen-bond acceptors (Lipinski definition) is 2. The van der Waals surface area contributed by atoms with Crippen LogP contribution in [-0.4, -0.2) is 29.3 Å². The summed E-state index contributed by atoms with van der Waals surface area (Å²) in [5.41, 5.74) is 0. The number of alkyl halides is 1. The van der Waals surface area contributed by atoms with Crippen molar-refractivity contribution in [2.75, 3.05) is 13.2 Å². The number of rotatable bonds is 4. The minimum atomic E-state index is 0.235. The molecule has 0 aromatic carbocycles. The first kappa shape index (κ1) is 12.5. The first-order chi connectivity index (χ1) is 6.65. The predicted molar refractivity (Wildman–Crippen MR) is 61.7 cm³/mol. The minimum Gasteiger partial charge on any atom is -0.396 e. The quantitative estimate of drug-likeness (QED) is 0.625. The normalized spacial score (nSPS) is 38.6. The van der Waals surface area contributed by atoms with Crippen molar-refractivity contribution in [2.24, 2.45) is 11.8 Å². The molecular weight excluding hydrogens is 244 g/mol. The maximum absolute atomic E-state index is 8.65. The molecule has 1 fully saturated rings. The second-order valence-corrected chi connectivity index (χ2v) is 5.50. The molecule has 0 spiro atoms. The third-order valence-corrected chi connectivity index (χ3v) is 4.82. The van der Waals surface area contributed by atoms with Crippen LogP contribution in [0.4, 0.5) is 0 Å². The summed E-state index contributed by atoms with van der Waals surface area (Å²) in [6, 6.07) is 0. The van der Waals surface area contributed by atoms with Gasteiger partial charge in [0, 0.05) is 18.0 Å². The van der Waals surface area contributed by atoms with Gasteiger partial charge in [0.2, 0.25) is 0 Å². The first-order valence-corrected chi connectivity index (χ1v) is 6.43. The Balaban J connectivity index is 2.27. The second-order valence-electron chi connectivity index (χ2n) is 4.44. The van der Waals surface area contributed by atoms with Gasteiger partial charge in [-0.25, -0.2) is 0 Å². The fourth-order valence-corrected chi connectivity index (χ4v) is 2.63. The highest BCUT2D eigenvalue weighted by Gasteiger charge is 2.31. The highest BCUT2D eigenvalue weighted by molar-refractivity contribution is 9.09. The van der Waals surface area contributed by atoms with Crippen LogP contribution in [0.15, 0.2) is 0 Å². The van der Waals surface area contributed by atoms with Crippen LogP contribution >= 0.6 is 15.9 Å². The van der Waals surface area contributed by atoms with Gasteiger partial charge in [0.15, 0.2) is 0 Å². The van der Waals surface area contributed by atoms with Crippen LogP contribution in [0.1, 0.15) is 33.1 Å². The molecule has 3 heteroatoms. The third kappa shape index (κ3) is 3.52. The topological polar surface area (TPSA) is 29.5 Å². The molecule has 1 aliphatic carbocycles. The van der Waals surface area contributed by atoms with Gasteiger partial charge in [-0.3, -0.25) is 0 Å². The van der Waals surface area contributed by atoms with Crippen LogP contribution in [-0.2, 0) is 4.74 Å². The largest absolute Gasteiger partial charge is 0.396 e. The highest BCUT2D eigenvalue weighted by Crippen LogP contribution is 2.35. The molecular formula is C11H21BrO2. The number of halogens is 1. The molecule has 1 rings (SSSR count). The van der Waals surface area contributed by atoms with E-state index in [0.29, 0.717) is 29.4 Å². The molecule has 1 saturated carbocycles. The zero-order valence-corrected chi connectivity index (χ0v) is 10.7. The van der Waals surface area contributed by atoms with Crippen LogP contribution in [0.25, 0.3) is 0 Å². The maximum Gasteiger partial charge on any atom is 0.0581 e. The summed E-state index contributed by atoms with van der Waals surface area (Å²) in [6.45, 7) is 5.49. The average molecular weight is 265 g/mol. The van der Waals surface area contributed by atoms with Crippen LogP contribution < -0.4 is 0 Å². The molecule has 14 heavy (non-hydrogen) atoms. The molecule has 0 aromatic heterocycles. The molecule has 0 radical (unpaired) electrons. The summed E-state index contributed by atoms with van der Waals surface area (Å²) in [7, 11) is 0. The lowest BCUT2D eigenvalue weighted by atomic mass is 9.81. The molecule has 84 valence electrons. The Kier molecular flexibility index (Phi) is 5.42. The van der Waals surface area contributed by atoms with E-state index in [1.807, 2.05) is 0 Å². The Bertz CT molecular complexity index is 151. The first-order valence-electron chi connectivity index (χ1n) is 5.51. The van der Waals surface area contributed by atoms with Gasteiger partial charge in [-0.05, 0) is 31.1 Å². The minimum absolute atomic E-state index is 0.235. The molecule has 0 aromatic rings. The summed E-state index contributed by atoms with van der Waals surface area (Å²) >= 11 is 3.73. The van der Waals surface area contributed by atoms with E-state index in [-0.39, 0.29) is 6.61 Å². The molecule has 2 unspecified atom stereocenters. The Hall–Kier alpha value is 0.400. The smallest absolute Gasteiger partial charge is 0.0581 e. The predicted octanol–water partition coefficient (Wildman–Crippen LogP) is 2.58. The lowest BCUT2D eigenvalue weighted by Crippen LogP contribution is -2.34. The second kappa shape index (κ2) is 6.09. The molecule has 1 N–H and O–H groups in total. The maximum atomic E-state index is 8.65. The fraction of sp³-hybridized carbons (Fsp3) is 1.00. The van der Waals surface area contributed by atoms with Gasteiger partial charge in [-0.15, -0.1) is 0 Å². The van der Waals surface area contributed by atoms with Crippen molar-refractivity contribution in [2.45, 2.75) is 44.0 Å². The van der Waals surface area contributed by atoms with Gasteiger partial charge < -0.3 is 9.84 Å². The van der Waals surface area contributed by atoms with E-state index < -0.39 is 0 Å². The molecule has 2 atom stereocenters. The number of hydrogen-bond donors (Lipinski definition) is 1. The Morgan fingerprint density at radius 2 is 1.86 bits per heavy atom. The fourth-order valence-electron chi connectivity index (χ4n) is 2.20. The lowest BCUT2D eigenvalue weighted by Gasteiger charge is -2.35. The van der Waals surface area contributed by atoms with E-state index in [1.165, 1.54) is 0 Å². The van der Waals surface area contributed by atoms with E-state index >= 15 is 0 Å². The molecule has 0 saturated heterocycles. The Morgan fingerprint density at radius 3 is 2.36 bits per heavy atom. The zero-order valence-electron chi connectivity index (χ0n) is 9.08. The van der Waals surface area contributed by atoms with Gasteiger partial charge in [-0.2, -0.15) is 0 Å². The van der Waals surface area contributed by atoms with E-state index in [4.69, 9.17) is 9.84 Å². The lowest BCUT2D eigenvalue weighted by molar-refractivity contribution is -0.00135. The van der Waals surface area contributed by atoms with Crippen molar-refractivity contribution in [1.29, 1.82) is 0 Å². The Labute approximate surface area is 95.2 Å².